The Balaban J connectivity index is 1.73. The first kappa shape index (κ1) is 15.5. The fraction of sp³-hybridized carbons (Fsp3) is 0.647. The van der Waals surface area contributed by atoms with Gasteiger partial charge in [0.15, 0.2) is 6.29 Å². The summed E-state index contributed by atoms with van der Waals surface area (Å²) in [5.41, 5.74) is 1.22. The van der Waals surface area contributed by atoms with E-state index < -0.39 is 0 Å². The normalized spacial score (nSPS) is 27.6. The van der Waals surface area contributed by atoms with Crippen LogP contribution in [0.5, 0.6) is 0 Å². The quantitative estimate of drug-likeness (QED) is 0.762. The molecule has 0 aromatic heterocycles. The summed E-state index contributed by atoms with van der Waals surface area (Å²) in [5, 5.41) is 0. The highest BCUT2D eigenvalue weighted by molar-refractivity contribution is 5.13. The van der Waals surface area contributed by atoms with Crippen LogP contribution in [0.3, 0.4) is 0 Å². The van der Waals surface area contributed by atoms with Gasteiger partial charge < -0.3 is 14.2 Å². The van der Waals surface area contributed by atoms with Crippen LogP contribution in [-0.4, -0.2) is 25.6 Å². The first-order chi connectivity index (χ1) is 9.70. The van der Waals surface area contributed by atoms with E-state index in [1.54, 1.807) is 0 Å². The van der Waals surface area contributed by atoms with Crippen molar-refractivity contribution in [3.05, 3.63) is 35.9 Å². The molecule has 1 saturated heterocycles. The summed E-state index contributed by atoms with van der Waals surface area (Å²) >= 11 is 0. The number of ether oxygens (including phenoxy) is 3. The molecule has 20 heavy (non-hydrogen) atoms. The van der Waals surface area contributed by atoms with E-state index in [4.69, 9.17) is 14.2 Å². The molecule has 1 fully saturated rings. The summed E-state index contributed by atoms with van der Waals surface area (Å²) in [5.74, 6) is 0.918. The molecule has 1 unspecified atom stereocenters. The highest BCUT2D eigenvalue weighted by atomic mass is 16.7. The monoisotopic (exact) mass is 278 g/mol. The molecule has 1 aromatic rings. The Hall–Kier alpha value is -0.900. The Bertz CT molecular complexity index is 379. The van der Waals surface area contributed by atoms with Gasteiger partial charge in [-0.3, -0.25) is 0 Å². The van der Waals surface area contributed by atoms with E-state index in [-0.39, 0.29) is 12.4 Å². The van der Waals surface area contributed by atoms with Gasteiger partial charge in [-0.05, 0) is 18.4 Å². The molecule has 0 radical (unpaired) electrons. The fourth-order valence-corrected chi connectivity index (χ4v) is 2.82. The summed E-state index contributed by atoms with van der Waals surface area (Å²) < 4.78 is 17.4. The molecule has 0 aliphatic carbocycles. The number of hydrogen-bond donors (Lipinski definition) is 0. The molecule has 0 amide bonds. The maximum Gasteiger partial charge on any atom is 0.158 e. The number of benzene rings is 1. The first-order valence-electron chi connectivity index (χ1n) is 7.59. The minimum Gasteiger partial charge on any atom is -0.376 e. The predicted molar refractivity (Wildman–Crippen MR) is 79.3 cm³/mol. The van der Waals surface area contributed by atoms with Gasteiger partial charge in [-0.25, -0.2) is 0 Å². The minimum absolute atomic E-state index is 0.0310. The van der Waals surface area contributed by atoms with E-state index in [1.807, 2.05) is 25.1 Å². The van der Waals surface area contributed by atoms with Crippen LogP contribution in [0.4, 0.5) is 0 Å². The smallest absolute Gasteiger partial charge is 0.158 e. The summed E-state index contributed by atoms with van der Waals surface area (Å²) in [6, 6.07) is 10.3. The van der Waals surface area contributed by atoms with Crippen LogP contribution in [0.15, 0.2) is 30.3 Å². The zero-order valence-corrected chi connectivity index (χ0v) is 12.7. The SMILES string of the molecule is CCOC1C[C@@H](C)[C@H]([C@@H](C)COCc2ccccc2)O1. The lowest BCUT2D eigenvalue weighted by Gasteiger charge is -2.22. The van der Waals surface area contributed by atoms with Crippen molar-refractivity contribution in [3.8, 4) is 0 Å². The lowest BCUT2D eigenvalue weighted by molar-refractivity contribution is -0.145. The molecule has 4 atom stereocenters. The van der Waals surface area contributed by atoms with Gasteiger partial charge in [0.05, 0.1) is 19.3 Å². The summed E-state index contributed by atoms with van der Waals surface area (Å²) in [6.07, 6.45) is 1.19. The summed E-state index contributed by atoms with van der Waals surface area (Å²) in [7, 11) is 0. The van der Waals surface area contributed by atoms with Crippen LogP contribution in [0.25, 0.3) is 0 Å². The van der Waals surface area contributed by atoms with Crippen LogP contribution in [-0.2, 0) is 20.8 Å². The van der Waals surface area contributed by atoms with Gasteiger partial charge >= 0.3 is 0 Å². The number of hydrogen-bond acceptors (Lipinski definition) is 3. The minimum atomic E-state index is -0.0310. The Labute approximate surface area is 122 Å². The third-order valence-electron chi connectivity index (χ3n) is 3.84. The van der Waals surface area contributed by atoms with Crippen molar-refractivity contribution in [2.75, 3.05) is 13.2 Å². The molecule has 3 nitrogen and oxygen atoms in total. The van der Waals surface area contributed by atoms with Gasteiger partial charge in [-0.15, -0.1) is 0 Å². The zero-order valence-electron chi connectivity index (χ0n) is 12.7. The lowest BCUT2D eigenvalue weighted by atomic mass is 9.94. The third-order valence-corrected chi connectivity index (χ3v) is 3.84. The molecule has 1 aliphatic rings. The standard InChI is InChI=1S/C17H26O3/c1-4-19-16-10-13(2)17(20-16)14(3)11-18-12-15-8-6-5-7-9-15/h5-9,13-14,16-17H,4,10-12H2,1-3H3/t13-,14+,16?,17-/m1/s1. The molecule has 3 heteroatoms. The van der Waals surface area contributed by atoms with E-state index in [0.717, 1.165) is 13.0 Å². The van der Waals surface area contributed by atoms with Crippen molar-refractivity contribution in [1.82, 2.24) is 0 Å². The second-order valence-corrected chi connectivity index (χ2v) is 5.68. The van der Waals surface area contributed by atoms with Gasteiger partial charge in [0.2, 0.25) is 0 Å². The second kappa shape index (κ2) is 7.77. The lowest BCUT2D eigenvalue weighted by Crippen LogP contribution is -2.27. The fourth-order valence-electron chi connectivity index (χ4n) is 2.82. The molecule has 1 heterocycles. The third kappa shape index (κ3) is 4.30. The van der Waals surface area contributed by atoms with Crippen LogP contribution < -0.4 is 0 Å². The zero-order chi connectivity index (χ0) is 14.4. The van der Waals surface area contributed by atoms with Crippen molar-refractivity contribution >= 4 is 0 Å². The van der Waals surface area contributed by atoms with Gasteiger partial charge in [0.1, 0.15) is 0 Å². The van der Waals surface area contributed by atoms with Crippen LogP contribution >= 0.6 is 0 Å². The Morgan fingerprint density at radius 2 is 2.05 bits per heavy atom. The van der Waals surface area contributed by atoms with Crippen LogP contribution in [0.2, 0.25) is 0 Å². The van der Waals surface area contributed by atoms with E-state index in [0.29, 0.717) is 25.0 Å². The van der Waals surface area contributed by atoms with Gasteiger partial charge in [0.25, 0.3) is 0 Å². The van der Waals surface area contributed by atoms with Gasteiger partial charge in [0, 0.05) is 18.9 Å². The molecule has 2 rings (SSSR count). The maximum absolute atomic E-state index is 5.98. The molecular weight excluding hydrogens is 252 g/mol. The summed E-state index contributed by atoms with van der Waals surface area (Å²) in [6.45, 7) is 8.54. The average Bonchev–Trinajstić information content (AvgIpc) is 2.81. The molecular formula is C17H26O3. The van der Waals surface area contributed by atoms with Crippen molar-refractivity contribution in [1.29, 1.82) is 0 Å². The molecule has 1 aliphatic heterocycles. The van der Waals surface area contributed by atoms with Crippen LogP contribution in [0, 0.1) is 11.8 Å². The van der Waals surface area contributed by atoms with Crippen molar-refractivity contribution in [2.45, 2.75) is 46.2 Å². The first-order valence-corrected chi connectivity index (χ1v) is 7.59. The van der Waals surface area contributed by atoms with E-state index in [1.165, 1.54) is 5.56 Å². The molecule has 1 aromatic carbocycles. The van der Waals surface area contributed by atoms with Gasteiger partial charge in [-0.2, -0.15) is 0 Å². The van der Waals surface area contributed by atoms with Gasteiger partial charge in [-0.1, -0.05) is 44.2 Å². The van der Waals surface area contributed by atoms with Crippen molar-refractivity contribution in [3.63, 3.8) is 0 Å². The van der Waals surface area contributed by atoms with E-state index in [9.17, 15) is 0 Å². The highest BCUT2D eigenvalue weighted by Crippen LogP contribution is 2.31. The largest absolute Gasteiger partial charge is 0.376 e. The number of rotatable bonds is 7. The molecule has 0 bridgehead atoms. The summed E-state index contributed by atoms with van der Waals surface area (Å²) in [4.78, 5) is 0. The second-order valence-electron chi connectivity index (χ2n) is 5.68. The average molecular weight is 278 g/mol. The topological polar surface area (TPSA) is 27.7 Å². The molecule has 112 valence electrons. The molecule has 0 spiro atoms. The maximum atomic E-state index is 5.98. The van der Waals surface area contributed by atoms with Crippen LogP contribution in [0.1, 0.15) is 32.8 Å². The Kier molecular flexibility index (Phi) is 6.02. The van der Waals surface area contributed by atoms with E-state index >= 15 is 0 Å². The van der Waals surface area contributed by atoms with Crippen molar-refractivity contribution < 1.29 is 14.2 Å². The Morgan fingerprint density at radius 1 is 1.30 bits per heavy atom. The van der Waals surface area contributed by atoms with E-state index in [2.05, 4.69) is 26.0 Å². The Morgan fingerprint density at radius 3 is 2.75 bits per heavy atom. The predicted octanol–water partition coefficient (Wildman–Crippen LogP) is 3.63. The molecule has 0 N–H and O–H groups in total. The highest BCUT2D eigenvalue weighted by Gasteiger charge is 2.35. The van der Waals surface area contributed by atoms with Crippen molar-refractivity contribution in [2.24, 2.45) is 11.8 Å². The molecule has 0 saturated carbocycles.